The quantitative estimate of drug-likeness (QED) is 0.588. The fourth-order valence-corrected chi connectivity index (χ4v) is 2.48. The molecule has 3 N–H and O–H groups in total. The minimum absolute atomic E-state index is 0.382. The van der Waals surface area contributed by atoms with E-state index < -0.39 is 0 Å². The number of hydrogen-bond donors (Lipinski definition) is 2. The topological polar surface area (TPSA) is 98.3 Å². The van der Waals surface area contributed by atoms with E-state index >= 15 is 0 Å². The number of fused-ring (bicyclic) bond motifs is 1. The lowest BCUT2D eigenvalue weighted by Crippen LogP contribution is -1.93. The summed E-state index contributed by atoms with van der Waals surface area (Å²) in [6, 6.07) is 9.97. The van der Waals surface area contributed by atoms with Gasteiger partial charge in [0.25, 0.3) is 0 Å². The number of nitrogens with one attached hydrogen (secondary N) is 1. The molecule has 0 radical (unpaired) electrons. The summed E-state index contributed by atoms with van der Waals surface area (Å²) in [5.41, 5.74) is 9.81. The predicted molar refractivity (Wildman–Crippen MR) is 83.7 cm³/mol. The first-order valence-electron chi connectivity index (χ1n) is 6.77. The Labute approximate surface area is 125 Å². The van der Waals surface area contributed by atoms with E-state index in [9.17, 15) is 0 Å². The SMILES string of the molecule is Cn1cnc(-c2ccccc2)c1-c1nc2ncnc(N)c2[nH]1. The van der Waals surface area contributed by atoms with E-state index in [0.29, 0.717) is 22.8 Å². The lowest BCUT2D eigenvalue weighted by Gasteiger charge is -2.03. The number of rotatable bonds is 2. The number of benzene rings is 1. The molecule has 108 valence electrons. The van der Waals surface area contributed by atoms with E-state index in [1.54, 1.807) is 6.33 Å². The molecule has 0 saturated heterocycles. The molecule has 3 aromatic heterocycles. The second-order valence-corrected chi connectivity index (χ2v) is 4.96. The van der Waals surface area contributed by atoms with Crippen molar-refractivity contribution in [2.24, 2.45) is 7.05 Å². The van der Waals surface area contributed by atoms with Gasteiger partial charge < -0.3 is 15.3 Å². The van der Waals surface area contributed by atoms with Crippen molar-refractivity contribution in [1.82, 2.24) is 29.5 Å². The zero-order chi connectivity index (χ0) is 15.1. The van der Waals surface area contributed by atoms with Crippen LogP contribution in [-0.4, -0.2) is 29.5 Å². The first kappa shape index (κ1) is 12.5. The third kappa shape index (κ3) is 1.83. The van der Waals surface area contributed by atoms with E-state index in [1.807, 2.05) is 41.9 Å². The highest BCUT2D eigenvalue weighted by atomic mass is 15.1. The number of imidazole rings is 2. The molecule has 0 fully saturated rings. The molecule has 4 aromatic rings. The van der Waals surface area contributed by atoms with E-state index in [2.05, 4.69) is 24.9 Å². The van der Waals surface area contributed by atoms with Crippen LogP contribution in [0, 0.1) is 0 Å². The third-order valence-corrected chi connectivity index (χ3v) is 3.53. The number of anilines is 1. The van der Waals surface area contributed by atoms with Gasteiger partial charge in [-0.1, -0.05) is 30.3 Å². The summed E-state index contributed by atoms with van der Waals surface area (Å²) in [6.45, 7) is 0. The molecular formula is C15H13N7. The molecule has 22 heavy (non-hydrogen) atoms. The van der Waals surface area contributed by atoms with Gasteiger partial charge >= 0.3 is 0 Å². The molecule has 0 aliphatic carbocycles. The molecule has 0 unspecified atom stereocenters. The van der Waals surface area contributed by atoms with Crippen molar-refractivity contribution in [2.45, 2.75) is 0 Å². The molecule has 0 spiro atoms. The molecule has 0 atom stereocenters. The van der Waals surface area contributed by atoms with Gasteiger partial charge in [-0.2, -0.15) is 0 Å². The average Bonchev–Trinajstić information content (AvgIpc) is 3.12. The largest absolute Gasteiger partial charge is 0.382 e. The molecule has 3 heterocycles. The summed E-state index contributed by atoms with van der Waals surface area (Å²) in [7, 11) is 1.93. The lowest BCUT2D eigenvalue weighted by molar-refractivity contribution is 0.913. The summed E-state index contributed by atoms with van der Waals surface area (Å²) in [4.78, 5) is 20.3. The number of nitrogens with two attached hydrogens (primary N) is 1. The van der Waals surface area contributed by atoms with Crippen molar-refractivity contribution in [3.8, 4) is 22.8 Å². The van der Waals surface area contributed by atoms with E-state index in [-0.39, 0.29) is 0 Å². The fraction of sp³-hybridized carbons (Fsp3) is 0.0667. The smallest absolute Gasteiger partial charge is 0.183 e. The Kier molecular flexibility index (Phi) is 2.65. The van der Waals surface area contributed by atoms with Gasteiger partial charge in [-0.05, 0) is 0 Å². The standard InChI is InChI=1S/C15H13N7/c1-22-8-19-10(9-5-3-2-4-6-9)12(22)15-20-11-13(16)17-7-18-14(11)21-15/h2-8H,1H3,(H3,16,17,18,20,21). The predicted octanol–water partition coefficient (Wildman–Crippen LogP) is 2.00. The van der Waals surface area contributed by atoms with Crippen LogP contribution in [0.2, 0.25) is 0 Å². The Morgan fingerprint density at radius 3 is 2.68 bits per heavy atom. The van der Waals surface area contributed by atoms with Crippen LogP contribution in [0.1, 0.15) is 0 Å². The molecule has 0 amide bonds. The molecule has 0 saturated carbocycles. The maximum absolute atomic E-state index is 5.87. The van der Waals surface area contributed by atoms with E-state index in [4.69, 9.17) is 5.73 Å². The monoisotopic (exact) mass is 291 g/mol. The van der Waals surface area contributed by atoms with Gasteiger partial charge in [-0.25, -0.2) is 19.9 Å². The first-order chi connectivity index (χ1) is 10.7. The second-order valence-electron chi connectivity index (χ2n) is 4.96. The average molecular weight is 291 g/mol. The Bertz CT molecular complexity index is 953. The second kappa shape index (κ2) is 4.66. The van der Waals surface area contributed by atoms with Gasteiger partial charge in [-0.3, -0.25) is 0 Å². The third-order valence-electron chi connectivity index (χ3n) is 3.53. The highest BCUT2D eigenvalue weighted by Gasteiger charge is 2.17. The summed E-state index contributed by atoms with van der Waals surface area (Å²) >= 11 is 0. The maximum Gasteiger partial charge on any atom is 0.183 e. The number of nitrogen functional groups attached to an aromatic ring is 1. The van der Waals surface area contributed by atoms with Crippen LogP contribution in [0.25, 0.3) is 33.9 Å². The van der Waals surface area contributed by atoms with Crippen molar-refractivity contribution in [3.63, 3.8) is 0 Å². The maximum atomic E-state index is 5.87. The van der Waals surface area contributed by atoms with Crippen molar-refractivity contribution in [2.75, 3.05) is 5.73 Å². The Hall–Kier alpha value is -3.22. The van der Waals surface area contributed by atoms with Crippen LogP contribution >= 0.6 is 0 Å². The van der Waals surface area contributed by atoms with Gasteiger partial charge in [0.1, 0.15) is 17.5 Å². The number of nitrogens with zero attached hydrogens (tertiary/aromatic N) is 5. The van der Waals surface area contributed by atoms with Gasteiger partial charge in [-0.15, -0.1) is 0 Å². The van der Waals surface area contributed by atoms with Gasteiger partial charge in [0.05, 0.1) is 12.0 Å². The minimum atomic E-state index is 0.382. The molecular weight excluding hydrogens is 278 g/mol. The minimum Gasteiger partial charge on any atom is -0.382 e. The summed E-state index contributed by atoms with van der Waals surface area (Å²) in [5.74, 6) is 1.05. The Balaban J connectivity index is 1.95. The number of H-pyrrole nitrogens is 1. The van der Waals surface area contributed by atoms with Crippen LogP contribution in [0.4, 0.5) is 5.82 Å². The Morgan fingerprint density at radius 2 is 1.91 bits per heavy atom. The zero-order valence-electron chi connectivity index (χ0n) is 11.9. The molecule has 7 heteroatoms. The normalized spacial score (nSPS) is 11.1. The summed E-state index contributed by atoms with van der Waals surface area (Å²) in [6.07, 6.45) is 3.17. The van der Waals surface area contributed by atoms with Crippen LogP contribution in [0.3, 0.4) is 0 Å². The molecule has 0 aliphatic rings. The first-order valence-corrected chi connectivity index (χ1v) is 6.77. The van der Waals surface area contributed by atoms with Crippen LogP contribution in [-0.2, 0) is 7.05 Å². The Morgan fingerprint density at radius 1 is 1.09 bits per heavy atom. The lowest BCUT2D eigenvalue weighted by atomic mass is 10.1. The van der Waals surface area contributed by atoms with Crippen molar-refractivity contribution in [3.05, 3.63) is 43.0 Å². The van der Waals surface area contributed by atoms with Gasteiger partial charge in [0.2, 0.25) is 0 Å². The highest BCUT2D eigenvalue weighted by Crippen LogP contribution is 2.30. The molecule has 0 aliphatic heterocycles. The number of aryl methyl sites for hydroxylation is 1. The fourth-order valence-electron chi connectivity index (χ4n) is 2.48. The van der Waals surface area contributed by atoms with Crippen LogP contribution < -0.4 is 5.73 Å². The van der Waals surface area contributed by atoms with E-state index in [1.165, 1.54) is 6.33 Å². The van der Waals surface area contributed by atoms with Crippen LogP contribution in [0.5, 0.6) is 0 Å². The zero-order valence-corrected chi connectivity index (χ0v) is 11.9. The van der Waals surface area contributed by atoms with Crippen LogP contribution in [0.15, 0.2) is 43.0 Å². The number of aromatic nitrogens is 6. The van der Waals surface area contributed by atoms with Crippen molar-refractivity contribution >= 4 is 17.0 Å². The summed E-state index contributed by atoms with van der Waals surface area (Å²) < 4.78 is 1.92. The number of aromatic amines is 1. The van der Waals surface area contributed by atoms with E-state index in [0.717, 1.165) is 17.0 Å². The molecule has 7 nitrogen and oxygen atoms in total. The van der Waals surface area contributed by atoms with Crippen molar-refractivity contribution < 1.29 is 0 Å². The van der Waals surface area contributed by atoms with Gasteiger partial charge in [0, 0.05) is 12.6 Å². The molecule has 4 rings (SSSR count). The highest BCUT2D eigenvalue weighted by molar-refractivity contribution is 5.86. The molecule has 1 aromatic carbocycles. The summed E-state index contributed by atoms with van der Waals surface area (Å²) in [5, 5.41) is 0. The van der Waals surface area contributed by atoms with Crippen molar-refractivity contribution in [1.29, 1.82) is 0 Å². The molecule has 0 bridgehead atoms. The number of hydrogen-bond acceptors (Lipinski definition) is 5. The van der Waals surface area contributed by atoms with Gasteiger partial charge in [0.15, 0.2) is 17.3 Å².